The molecule has 0 radical (unpaired) electrons. The standard InChI is InChI=1S/C26H27FN4O6/c1-2-31-24(32)23(29-19-7-6-14-28-15-19)21(22(30-31)17-10-12-18(27)13-11-17)25(33)35-16-36-26(34)37-20-8-4-3-5-9-20/h6-7,10-15,20,29H,2-5,8-9,16H2,1H3. The molecule has 1 N–H and O–H groups in total. The number of ether oxygens (including phenoxy) is 3. The Labute approximate surface area is 212 Å². The number of nitrogens with zero attached hydrogens (tertiary/aromatic N) is 3. The number of anilines is 2. The van der Waals surface area contributed by atoms with Gasteiger partial charge in [0, 0.05) is 18.3 Å². The Kier molecular flexibility index (Phi) is 8.44. The minimum atomic E-state index is -0.968. The number of halogens is 1. The number of aryl methyl sites for hydroxylation is 1. The molecule has 4 rings (SSSR count). The lowest BCUT2D eigenvalue weighted by Crippen LogP contribution is -2.29. The van der Waals surface area contributed by atoms with Crippen LogP contribution in [0.4, 0.5) is 20.6 Å². The maximum atomic E-state index is 13.6. The van der Waals surface area contributed by atoms with Crippen LogP contribution in [0.2, 0.25) is 0 Å². The van der Waals surface area contributed by atoms with Crippen LogP contribution in [0.25, 0.3) is 11.3 Å². The summed E-state index contributed by atoms with van der Waals surface area (Å²) in [4.78, 5) is 42.5. The SMILES string of the molecule is CCn1nc(-c2ccc(F)cc2)c(C(=O)OCOC(=O)OC2CCCCC2)c(Nc2cccnc2)c1=O. The molecule has 0 bridgehead atoms. The number of esters is 1. The van der Waals surface area contributed by atoms with E-state index >= 15 is 0 Å². The zero-order valence-electron chi connectivity index (χ0n) is 20.3. The fraction of sp³-hybridized carbons (Fsp3) is 0.346. The summed E-state index contributed by atoms with van der Waals surface area (Å²) in [6.45, 7) is 1.21. The van der Waals surface area contributed by atoms with Crippen molar-refractivity contribution >= 4 is 23.5 Å². The largest absolute Gasteiger partial charge is 0.511 e. The molecular formula is C26H27FN4O6. The summed E-state index contributed by atoms with van der Waals surface area (Å²) in [6.07, 6.45) is 6.46. The second-order valence-electron chi connectivity index (χ2n) is 8.41. The fourth-order valence-electron chi connectivity index (χ4n) is 4.05. The van der Waals surface area contributed by atoms with Gasteiger partial charge in [0.2, 0.25) is 6.79 Å². The summed E-state index contributed by atoms with van der Waals surface area (Å²) in [5, 5.41) is 7.26. The van der Waals surface area contributed by atoms with Gasteiger partial charge < -0.3 is 19.5 Å². The molecule has 0 aliphatic heterocycles. The molecule has 0 unspecified atom stereocenters. The maximum Gasteiger partial charge on any atom is 0.511 e. The molecule has 1 saturated carbocycles. The van der Waals surface area contributed by atoms with Crippen molar-refractivity contribution in [2.75, 3.05) is 12.1 Å². The Morgan fingerprint density at radius 1 is 1.11 bits per heavy atom. The quantitative estimate of drug-likeness (QED) is 0.336. The first-order chi connectivity index (χ1) is 18.0. The van der Waals surface area contributed by atoms with Gasteiger partial charge in [-0.25, -0.2) is 18.7 Å². The molecular weight excluding hydrogens is 483 g/mol. The highest BCUT2D eigenvalue weighted by atomic mass is 19.1. The van der Waals surface area contributed by atoms with Crippen molar-refractivity contribution in [3.8, 4) is 11.3 Å². The van der Waals surface area contributed by atoms with E-state index in [0.29, 0.717) is 11.3 Å². The molecule has 11 heteroatoms. The molecule has 0 saturated heterocycles. The van der Waals surface area contributed by atoms with E-state index in [0.717, 1.165) is 32.1 Å². The molecule has 0 amide bonds. The predicted octanol–water partition coefficient (Wildman–Crippen LogP) is 4.81. The molecule has 37 heavy (non-hydrogen) atoms. The molecule has 2 heterocycles. The maximum absolute atomic E-state index is 13.6. The third-order valence-corrected chi connectivity index (χ3v) is 5.89. The summed E-state index contributed by atoms with van der Waals surface area (Å²) < 4.78 is 30.2. The summed E-state index contributed by atoms with van der Waals surface area (Å²) in [7, 11) is 0. The highest BCUT2D eigenvalue weighted by molar-refractivity contribution is 6.02. The molecule has 3 aromatic rings. The molecule has 2 aromatic heterocycles. The third-order valence-electron chi connectivity index (χ3n) is 5.89. The van der Waals surface area contributed by atoms with Crippen LogP contribution in [0.5, 0.6) is 0 Å². The van der Waals surface area contributed by atoms with E-state index in [4.69, 9.17) is 14.2 Å². The zero-order valence-corrected chi connectivity index (χ0v) is 20.3. The van der Waals surface area contributed by atoms with Crippen LogP contribution < -0.4 is 10.9 Å². The van der Waals surface area contributed by atoms with Crippen molar-refractivity contribution in [1.29, 1.82) is 0 Å². The van der Waals surface area contributed by atoms with Gasteiger partial charge in [-0.1, -0.05) is 6.42 Å². The lowest BCUT2D eigenvalue weighted by atomic mass is 9.98. The van der Waals surface area contributed by atoms with E-state index in [1.165, 1.54) is 35.1 Å². The number of carbonyl (C=O) groups is 2. The molecule has 1 aliphatic rings. The van der Waals surface area contributed by atoms with Crippen molar-refractivity contribution in [2.24, 2.45) is 0 Å². The Hall–Kier alpha value is -4.28. The number of pyridine rings is 1. The van der Waals surface area contributed by atoms with E-state index in [2.05, 4.69) is 15.4 Å². The monoisotopic (exact) mass is 510 g/mol. The molecule has 194 valence electrons. The van der Waals surface area contributed by atoms with Crippen LogP contribution in [-0.2, 0) is 20.8 Å². The van der Waals surface area contributed by atoms with Gasteiger partial charge >= 0.3 is 12.1 Å². The first-order valence-electron chi connectivity index (χ1n) is 12.0. The van der Waals surface area contributed by atoms with Gasteiger partial charge in [-0.2, -0.15) is 5.10 Å². The van der Waals surface area contributed by atoms with E-state index in [1.54, 1.807) is 25.3 Å². The second kappa shape index (κ2) is 12.1. The van der Waals surface area contributed by atoms with Gasteiger partial charge in [0.05, 0.1) is 11.9 Å². The number of hydrogen-bond donors (Lipinski definition) is 1. The number of aromatic nitrogens is 3. The van der Waals surface area contributed by atoms with Crippen LogP contribution in [0.15, 0.2) is 53.6 Å². The molecule has 1 fully saturated rings. The van der Waals surface area contributed by atoms with E-state index in [-0.39, 0.29) is 29.6 Å². The van der Waals surface area contributed by atoms with Crippen molar-refractivity contribution in [3.63, 3.8) is 0 Å². The first kappa shape index (κ1) is 25.8. The topological polar surface area (TPSA) is 122 Å². The number of carbonyl (C=O) groups excluding carboxylic acids is 2. The highest BCUT2D eigenvalue weighted by Gasteiger charge is 2.26. The molecule has 0 spiro atoms. The molecule has 10 nitrogen and oxygen atoms in total. The van der Waals surface area contributed by atoms with E-state index in [1.807, 2.05) is 0 Å². The Bertz CT molecular complexity index is 1290. The van der Waals surface area contributed by atoms with E-state index < -0.39 is 30.3 Å². The van der Waals surface area contributed by atoms with Gasteiger partial charge in [-0.15, -0.1) is 0 Å². The summed E-state index contributed by atoms with van der Waals surface area (Å²) >= 11 is 0. The van der Waals surface area contributed by atoms with Crippen LogP contribution in [0.1, 0.15) is 49.4 Å². The normalized spacial score (nSPS) is 13.6. The minimum absolute atomic E-state index is 0.0858. The van der Waals surface area contributed by atoms with Gasteiger partial charge in [-0.05, 0) is 69.0 Å². The van der Waals surface area contributed by atoms with Crippen LogP contribution >= 0.6 is 0 Å². The van der Waals surface area contributed by atoms with Crippen LogP contribution in [0, 0.1) is 5.82 Å². The van der Waals surface area contributed by atoms with Gasteiger partial charge in [0.15, 0.2) is 0 Å². The van der Waals surface area contributed by atoms with Crippen molar-refractivity contribution < 1.29 is 28.2 Å². The lowest BCUT2D eigenvalue weighted by Gasteiger charge is -2.21. The average molecular weight is 511 g/mol. The van der Waals surface area contributed by atoms with Crippen LogP contribution in [-0.4, -0.2) is 39.8 Å². The van der Waals surface area contributed by atoms with Crippen molar-refractivity contribution in [3.05, 3.63) is 70.5 Å². The second-order valence-corrected chi connectivity index (χ2v) is 8.41. The van der Waals surface area contributed by atoms with Crippen LogP contribution in [0.3, 0.4) is 0 Å². The van der Waals surface area contributed by atoms with E-state index in [9.17, 15) is 18.8 Å². The minimum Gasteiger partial charge on any atom is -0.431 e. The summed E-state index contributed by atoms with van der Waals surface area (Å²) in [5.41, 5.74) is 0.0139. The fourth-order valence-corrected chi connectivity index (χ4v) is 4.05. The van der Waals surface area contributed by atoms with Gasteiger partial charge in [0.25, 0.3) is 5.56 Å². The molecule has 1 aliphatic carbocycles. The number of hydrogen-bond acceptors (Lipinski definition) is 9. The third kappa shape index (κ3) is 6.49. The predicted molar refractivity (Wildman–Crippen MR) is 132 cm³/mol. The van der Waals surface area contributed by atoms with Crippen molar-refractivity contribution in [2.45, 2.75) is 51.7 Å². The van der Waals surface area contributed by atoms with Crippen molar-refractivity contribution in [1.82, 2.24) is 14.8 Å². The average Bonchev–Trinajstić information content (AvgIpc) is 2.91. The number of nitrogens with one attached hydrogen (secondary N) is 1. The first-order valence-corrected chi connectivity index (χ1v) is 12.0. The summed E-state index contributed by atoms with van der Waals surface area (Å²) in [5.74, 6) is -1.45. The van der Waals surface area contributed by atoms with Gasteiger partial charge in [0.1, 0.15) is 28.9 Å². The number of rotatable bonds is 8. The molecule has 0 atom stereocenters. The Balaban J connectivity index is 1.63. The Morgan fingerprint density at radius 2 is 1.86 bits per heavy atom. The highest BCUT2D eigenvalue weighted by Crippen LogP contribution is 2.28. The molecule has 1 aromatic carbocycles. The smallest absolute Gasteiger partial charge is 0.431 e. The van der Waals surface area contributed by atoms with Gasteiger partial charge in [-0.3, -0.25) is 9.78 Å². The number of benzene rings is 1. The zero-order chi connectivity index (χ0) is 26.2. The lowest BCUT2D eigenvalue weighted by molar-refractivity contribution is -0.0429. The summed E-state index contributed by atoms with van der Waals surface area (Å²) in [6, 6.07) is 8.63. The Morgan fingerprint density at radius 3 is 2.54 bits per heavy atom.